The smallest absolute Gasteiger partial charge is 0.323 e. The zero-order valence-electron chi connectivity index (χ0n) is 17.5. The van der Waals surface area contributed by atoms with Crippen LogP contribution in [0.2, 0.25) is 0 Å². The molecule has 0 N–H and O–H groups in total. The lowest BCUT2D eigenvalue weighted by Gasteiger charge is -2.31. The average molecular weight is 445 g/mol. The lowest BCUT2D eigenvalue weighted by molar-refractivity contribution is -0.170. The quantitative estimate of drug-likeness (QED) is 0.280. The Labute approximate surface area is 184 Å². The van der Waals surface area contributed by atoms with Crippen molar-refractivity contribution in [1.29, 1.82) is 0 Å². The zero-order valence-corrected chi connectivity index (χ0v) is 18.3. The molecular weight excluding hydrogens is 420 g/mol. The first-order chi connectivity index (χ1) is 14.9. The van der Waals surface area contributed by atoms with Gasteiger partial charge in [-0.05, 0) is 23.8 Å². The molecule has 1 saturated carbocycles. The van der Waals surface area contributed by atoms with E-state index >= 15 is 0 Å². The molecule has 0 radical (unpaired) electrons. The van der Waals surface area contributed by atoms with Gasteiger partial charge in [0.05, 0.1) is 27.2 Å². The third kappa shape index (κ3) is 3.99. The van der Waals surface area contributed by atoms with Crippen molar-refractivity contribution in [2.24, 2.45) is 17.3 Å². The second kappa shape index (κ2) is 9.43. The lowest BCUT2D eigenvalue weighted by Crippen LogP contribution is -2.44. The van der Waals surface area contributed by atoms with Gasteiger partial charge in [0.15, 0.2) is 11.2 Å². The minimum Gasteiger partial charge on any atom is -0.469 e. The molecule has 0 aliphatic heterocycles. The molecule has 1 aliphatic carbocycles. The van der Waals surface area contributed by atoms with E-state index in [1.165, 1.54) is 32.7 Å². The van der Waals surface area contributed by atoms with Crippen molar-refractivity contribution in [2.45, 2.75) is 18.8 Å². The minimum absolute atomic E-state index is 0.0264. The Hall–Kier alpha value is -3.00. The number of thiophene rings is 1. The van der Waals surface area contributed by atoms with Crippen LogP contribution < -0.4 is 0 Å². The summed E-state index contributed by atoms with van der Waals surface area (Å²) in [5.41, 5.74) is -1.26. The van der Waals surface area contributed by atoms with E-state index in [0.29, 0.717) is 10.4 Å². The third-order valence-electron chi connectivity index (χ3n) is 5.95. The van der Waals surface area contributed by atoms with Gasteiger partial charge < -0.3 is 14.2 Å². The summed E-state index contributed by atoms with van der Waals surface area (Å²) in [5.74, 6) is -4.73. The van der Waals surface area contributed by atoms with Crippen LogP contribution in [0.3, 0.4) is 0 Å². The fourth-order valence-electron chi connectivity index (χ4n) is 4.65. The molecule has 3 rings (SSSR count). The van der Waals surface area contributed by atoms with E-state index in [1.54, 1.807) is 47.8 Å². The monoisotopic (exact) mass is 444 g/mol. The molecule has 1 aliphatic rings. The first kappa shape index (κ1) is 22.7. The van der Waals surface area contributed by atoms with Crippen LogP contribution in [0.5, 0.6) is 0 Å². The number of esters is 3. The average Bonchev–Trinajstić information content (AvgIpc) is 3.44. The molecule has 0 amide bonds. The van der Waals surface area contributed by atoms with E-state index in [0.717, 1.165) is 0 Å². The highest BCUT2D eigenvalue weighted by Crippen LogP contribution is 2.59. The maximum absolute atomic E-state index is 13.0. The number of benzene rings is 1. The van der Waals surface area contributed by atoms with Crippen LogP contribution in [0, 0.1) is 17.3 Å². The van der Waals surface area contributed by atoms with Gasteiger partial charge in [0.1, 0.15) is 0 Å². The summed E-state index contributed by atoms with van der Waals surface area (Å²) in [5, 5.41) is 1.80. The van der Waals surface area contributed by atoms with E-state index < -0.39 is 41.1 Å². The molecule has 1 aromatic carbocycles. The Bertz CT molecular complexity index is 936. The highest BCUT2D eigenvalue weighted by molar-refractivity contribution is 7.10. The molecule has 164 valence electrons. The molecule has 1 aromatic heterocycles. The molecule has 2 aromatic rings. The molecule has 7 nitrogen and oxygen atoms in total. The largest absolute Gasteiger partial charge is 0.469 e. The first-order valence-corrected chi connectivity index (χ1v) is 10.6. The van der Waals surface area contributed by atoms with Gasteiger partial charge in [-0.3, -0.25) is 19.2 Å². The van der Waals surface area contributed by atoms with E-state index in [-0.39, 0.29) is 18.6 Å². The van der Waals surface area contributed by atoms with Crippen molar-refractivity contribution in [3.05, 3.63) is 58.3 Å². The number of Topliss-reactive ketones (excluding diaryl/α,β-unsaturated/α-hetero) is 1. The van der Waals surface area contributed by atoms with E-state index in [9.17, 15) is 19.2 Å². The lowest BCUT2D eigenvalue weighted by atomic mass is 9.74. The number of carbonyl (C=O) groups excluding carboxylic acids is 4. The Balaban J connectivity index is 2.13. The summed E-state index contributed by atoms with van der Waals surface area (Å²) in [7, 11) is 3.63. The number of ketones is 1. The molecule has 0 bridgehead atoms. The summed E-state index contributed by atoms with van der Waals surface area (Å²) >= 11 is 1.32. The van der Waals surface area contributed by atoms with Crippen LogP contribution in [0.25, 0.3) is 0 Å². The summed E-state index contributed by atoms with van der Waals surface area (Å²) in [6, 6.07) is 12.2. The van der Waals surface area contributed by atoms with Crippen LogP contribution in [0.15, 0.2) is 47.8 Å². The fourth-order valence-corrected chi connectivity index (χ4v) is 5.61. The van der Waals surface area contributed by atoms with Crippen molar-refractivity contribution in [3.8, 4) is 0 Å². The van der Waals surface area contributed by atoms with Crippen molar-refractivity contribution in [2.75, 3.05) is 21.3 Å². The van der Waals surface area contributed by atoms with Crippen LogP contribution in [-0.2, 0) is 28.6 Å². The fraction of sp³-hybridized carbons (Fsp3) is 0.391. The van der Waals surface area contributed by atoms with Gasteiger partial charge in [0, 0.05) is 22.8 Å². The highest BCUT2D eigenvalue weighted by Gasteiger charge is 2.66. The van der Waals surface area contributed by atoms with E-state index in [2.05, 4.69) is 0 Å². The molecular formula is C23H24O7S. The topological polar surface area (TPSA) is 96.0 Å². The molecule has 0 saturated heterocycles. The standard InChI is InChI=1S/C23H24O7S/c1-28-20(25)18-15(12-16(24)14-8-5-4-6-9-14)13-23(21(26)29-2,22(27)30-3)19(18)17-10-7-11-31-17/h4-11,15,18-19H,12-13H2,1-3H3/t15-,18-,19+/m1/s1. The SMILES string of the molecule is COC(=O)[C@@H]1[C@H](CC(=O)c2ccccc2)CC(C(=O)OC)(C(=O)OC)[C@H]1c1cccs1. The molecule has 0 spiro atoms. The summed E-state index contributed by atoms with van der Waals surface area (Å²) in [6.45, 7) is 0. The molecule has 3 atom stereocenters. The van der Waals surface area contributed by atoms with E-state index in [1.807, 2.05) is 0 Å². The predicted molar refractivity (Wildman–Crippen MR) is 113 cm³/mol. The van der Waals surface area contributed by atoms with Gasteiger partial charge in [-0.25, -0.2) is 0 Å². The van der Waals surface area contributed by atoms with Gasteiger partial charge in [-0.2, -0.15) is 0 Å². The number of ether oxygens (including phenoxy) is 3. The second-order valence-electron chi connectivity index (χ2n) is 7.45. The van der Waals surface area contributed by atoms with Crippen LogP contribution in [0.1, 0.15) is 34.0 Å². The normalized spacial score (nSPS) is 21.8. The number of rotatable bonds is 7. The van der Waals surface area contributed by atoms with Crippen LogP contribution in [0.4, 0.5) is 0 Å². The Morgan fingerprint density at radius 3 is 2.10 bits per heavy atom. The molecule has 0 unspecified atom stereocenters. The minimum atomic E-state index is -1.76. The van der Waals surface area contributed by atoms with Gasteiger partial charge in [0.25, 0.3) is 0 Å². The summed E-state index contributed by atoms with van der Waals surface area (Å²) in [6.07, 6.45) is -0.0886. The number of methoxy groups -OCH3 is 3. The molecule has 8 heteroatoms. The van der Waals surface area contributed by atoms with Gasteiger partial charge in [-0.1, -0.05) is 36.4 Å². The first-order valence-electron chi connectivity index (χ1n) is 9.77. The van der Waals surface area contributed by atoms with Crippen molar-refractivity contribution < 1.29 is 33.4 Å². The number of hydrogen-bond acceptors (Lipinski definition) is 8. The number of carbonyl (C=O) groups is 4. The Morgan fingerprint density at radius 2 is 1.58 bits per heavy atom. The van der Waals surface area contributed by atoms with Crippen LogP contribution >= 0.6 is 11.3 Å². The second-order valence-corrected chi connectivity index (χ2v) is 8.43. The van der Waals surface area contributed by atoms with Crippen LogP contribution in [-0.4, -0.2) is 45.0 Å². The Kier molecular flexibility index (Phi) is 6.90. The molecule has 1 fully saturated rings. The van der Waals surface area contributed by atoms with Crippen molar-refractivity contribution in [1.82, 2.24) is 0 Å². The van der Waals surface area contributed by atoms with Gasteiger partial charge >= 0.3 is 17.9 Å². The van der Waals surface area contributed by atoms with Gasteiger partial charge in [0.2, 0.25) is 0 Å². The summed E-state index contributed by atoms with van der Waals surface area (Å²) in [4.78, 5) is 52.6. The predicted octanol–water partition coefficient (Wildman–Crippen LogP) is 3.25. The Morgan fingerprint density at radius 1 is 0.935 bits per heavy atom. The van der Waals surface area contributed by atoms with E-state index in [4.69, 9.17) is 14.2 Å². The summed E-state index contributed by atoms with van der Waals surface area (Å²) < 4.78 is 15.1. The maximum atomic E-state index is 13.0. The van der Waals surface area contributed by atoms with Crippen molar-refractivity contribution in [3.63, 3.8) is 0 Å². The zero-order chi connectivity index (χ0) is 22.6. The molecule has 1 heterocycles. The third-order valence-corrected chi connectivity index (χ3v) is 6.90. The highest BCUT2D eigenvalue weighted by atomic mass is 32.1. The number of hydrogen-bond donors (Lipinski definition) is 0. The molecule has 31 heavy (non-hydrogen) atoms. The van der Waals surface area contributed by atoms with Crippen molar-refractivity contribution >= 4 is 35.0 Å². The van der Waals surface area contributed by atoms with Gasteiger partial charge in [-0.15, -0.1) is 11.3 Å². The maximum Gasteiger partial charge on any atom is 0.323 e.